The Bertz CT molecular complexity index is 1680. The van der Waals surface area contributed by atoms with Crippen LogP contribution in [-0.2, 0) is 54.4 Å². The van der Waals surface area contributed by atoms with E-state index in [-0.39, 0.29) is 25.3 Å². The summed E-state index contributed by atoms with van der Waals surface area (Å²) in [6.07, 6.45) is -1.57. The summed E-state index contributed by atoms with van der Waals surface area (Å²) in [7, 11) is 0. The zero-order valence-corrected chi connectivity index (χ0v) is 34.6. The smallest absolute Gasteiger partial charge is 0.305 e. The average Bonchev–Trinajstić information content (AvgIpc) is 3.12. The summed E-state index contributed by atoms with van der Waals surface area (Å²) in [6.45, 7) is 10.2. The molecule has 0 unspecified atom stereocenters. The molecule has 6 amide bonds. The van der Waals surface area contributed by atoms with Crippen LogP contribution in [0.5, 0.6) is 0 Å². The molecule has 19 heteroatoms. The van der Waals surface area contributed by atoms with Crippen molar-refractivity contribution in [3.63, 3.8) is 0 Å². The van der Waals surface area contributed by atoms with Crippen molar-refractivity contribution in [2.24, 2.45) is 17.1 Å². The maximum absolute atomic E-state index is 14.9. The normalized spacial score (nSPS) is 13.8. The summed E-state index contributed by atoms with van der Waals surface area (Å²) in [5.74, 6) is -10.2. The number of carboxylic acids is 3. The monoisotopic (exact) mass is 832 g/mol. The van der Waals surface area contributed by atoms with E-state index >= 15 is 0 Å². The Morgan fingerprint density at radius 1 is 0.763 bits per heavy atom. The molecule has 19 nitrogen and oxygen atoms in total. The maximum atomic E-state index is 14.9. The Labute approximate surface area is 343 Å². The Morgan fingerprint density at radius 3 is 1.90 bits per heavy atom. The van der Waals surface area contributed by atoms with Crippen LogP contribution in [0.3, 0.4) is 0 Å². The minimum atomic E-state index is -1.70. The average molecular weight is 833 g/mol. The fourth-order valence-corrected chi connectivity index (χ4v) is 6.06. The van der Waals surface area contributed by atoms with Crippen molar-refractivity contribution in [2.45, 2.75) is 136 Å². The van der Waals surface area contributed by atoms with E-state index in [1.54, 1.807) is 52.0 Å². The van der Waals surface area contributed by atoms with Crippen molar-refractivity contribution in [2.75, 3.05) is 6.54 Å². The van der Waals surface area contributed by atoms with Crippen LogP contribution in [0.15, 0.2) is 24.3 Å². The number of hydrogen-bond donors (Lipinski definition) is 8. The van der Waals surface area contributed by atoms with Crippen molar-refractivity contribution < 1.29 is 63.3 Å². The first-order chi connectivity index (χ1) is 27.5. The molecule has 59 heavy (non-hydrogen) atoms. The standard InChI is InChI=1S/C40H60N6O13/c1-23(2)20-28(36(56)42-18-10-7-11-19-47)44-38(58)34(40(4,5)6)46(30(48)15-17-32(51)52)39(59)29(21-25-13-9-8-12-24(25)3)45-37(57)27(14-16-31(49)50)43-35(55)26(41)22-33(53)54/h8-9,12-13,19,23,26-29,34H,7,10-11,14-18,20-22,41H2,1-6H3,(H,42,56)(H,43,55)(H,44,58)(H,45,57)(H,49,50)(H,51,52)(H,53,54)/t26-,27-,28-,29-,34+/m0/s1. The van der Waals surface area contributed by atoms with Crippen LogP contribution in [0.2, 0.25) is 0 Å². The van der Waals surface area contributed by atoms with E-state index in [1.807, 2.05) is 13.8 Å². The van der Waals surface area contributed by atoms with Gasteiger partial charge in [0.1, 0.15) is 30.5 Å². The topological polar surface area (TPSA) is 309 Å². The second-order valence-electron chi connectivity index (χ2n) is 15.8. The van der Waals surface area contributed by atoms with Crippen LogP contribution in [-0.4, -0.2) is 117 Å². The van der Waals surface area contributed by atoms with E-state index in [0.29, 0.717) is 35.3 Å². The third-order valence-electron chi connectivity index (χ3n) is 9.08. The van der Waals surface area contributed by atoms with E-state index in [2.05, 4.69) is 21.3 Å². The first-order valence-corrected chi connectivity index (χ1v) is 19.4. The maximum Gasteiger partial charge on any atom is 0.305 e. The summed E-state index contributed by atoms with van der Waals surface area (Å²) in [5.41, 5.74) is 5.55. The minimum Gasteiger partial charge on any atom is -0.481 e. The molecule has 5 atom stereocenters. The summed E-state index contributed by atoms with van der Waals surface area (Å²) in [6, 6.07) is -1.13. The lowest BCUT2D eigenvalue weighted by atomic mass is 9.83. The van der Waals surface area contributed by atoms with Crippen molar-refractivity contribution in [3.05, 3.63) is 35.4 Å². The molecule has 328 valence electrons. The van der Waals surface area contributed by atoms with E-state index in [9.17, 15) is 58.2 Å². The molecule has 0 fully saturated rings. The highest BCUT2D eigenvalue weighted by Gasteiger charge is 2.46. The third-order valence-corrected chi connectivity index (χ3v) is 9.08. The van der Waals surface area contributed by atoms with E-state index in [1.165, 1.54) is 0 Å². The van der Waals surface area contributed by atoms with Crippen molar-refractivity contribution >= 4 is 59.6 Å². The number of carboxylic acid groups (broad SMARTS) is 3. The molecule has 9 N–H and O–H groups in total. The van der Waals surface area contributed by atoms with Gasteiger partial charge in [0.25, 0.3) is 5.91 Å². The van der Waals surface area contributed by atoms with E-state index < -0.39 is 121 Å². The zero-order valence-electron chi connectivity index (χ0n) is 34.6. The molecule has 0 aliphatic carbocycles. The molecule has 1 aromatic rings. The molecule has 0 aromatic heterocycles. The van der Waals surface area contributed by atoms with Crippen LogP contribution >= 0.6 is 0 Å². The number of imide groups is 1. The second kappa shape index (κ2) is 24.9. The highest BCUT2D eigenvalue weighted by molar-refractivity contribution is 6.05. The number of carbonyl (C=O) groups is 10. The SMILES string of the molecule is Cc1ccccc1C[C@H](NC(=O)[C@H](CCC(=O)O)NC(=O)[C@@H](N)CC(=O)O)C(=O)N(C(=O)CCC(=O)O)[C@H](C(=O)N[C@@H](CC(C)C)C(=O)NCCCCC=O)C(C)(C)C. The van der Waals surface area contributed by atoms with Gasteiger partial charge in [-0.2, -0.15) is 0 Å². The second-order valence-corrected chi connectivity index (χ2v) is 15.8. The Morgan fingerprint density at radius 2 is 1.36 bits per heavy atom. The predicted octanol–water partition coefficient (Wildman–Crippen LogP) is 0.825. The molecule has 1 aromatic carbocycles. The summed E-state index contributed by atoms with van der Waals surface area (Å²) in [4.78, 5) is 129. The number of benzene rings is 1. The first kappa shape index (κ1) is 51.3. The number of carbonyl (C=O) groups excluding carboxylic acids is 7. The van der Waals surface area contributed by atoms with Crippen LogP contribution in [0.1, 0.15) is 104 Å². The van der Waals surface area contributed by atoms with Crippen molar-refractivity contribution in [1.82, 2.24) is 26.2 Å². The number of nitrogens with two attached hydrogens (primary N) is 1. The van der Waals surface area contributed by atoms with Gasteiger partial charge in [-0.15, -0.1) is 0 Å². The molecule has 0 heterocycles. The van der Waals surface area contributed by atoms with Gasteiger partial charge in [-0.25, -0.2) is 0 Å². The van der Waals surface area contributed by atoms with Crippen LogP contribution in [0, 0.1) is 18.3 Å². The number of aldehydes is 1. The number of unbranched alkanes of at least 4 members (excludes halogenated alkanes) is 2. The molecular formula is C40H60N6O13. The lowest BCUT2D eigenvalue weighted by Crippen LogP contribution is -2.64. The molecule has 0 bridgehead atoms. The quantitative estimate of drug-likeness (QED) is 0.0474. The van der Waals surface area contributed by atoms with Gasteiger partial charge in [0, 0.05) is 32.2 Å². The number of hydrogen-bond acceptors (Lipinski definition) is 11. The van der Waals surface area contributed by atoms with Gasteiger partial charge in [0.05, 0.1) is 18.9 Å². The molecule has 0 aliphatic rings. The zero-order chi connectivity index (χ0) is 45.0. The predicted molar refractivity (Wildman–Crippen MR) is 212 cm³/mol. The van der Waals surface area contributed by atoms with Crippen molar-refractivity contribution in [1.29, 1.82) is 0 Å². The lowest BCUT2D eigenvalue weighted by molar-refractivity contribution is -0.159. The van der Waals surface area contributed by atoms with Gasteiger partial charge in [-0.1, -0.05) is 58.9 Å². The molecule has 0 spiro atoms. The molecule has 0 saturated heterocycles. The Hall–Kier alpha value is -5.72. The van der Waals surface area contributed by atoms with Crippen LogP contribution in [0.4, 0.5) is 0 Å². The number of nitrogens with zero attached hydrogens (tertiary/aromatic N) is 1. The number of aryl methyl sites for hydroxylation is 1. The number of amides is 6. The number of aliphatic carboxylic acids is 3. The van der Waals surface area contributed by atoms with Gasteiger partial charge >= 0.3 is 17.9 Å². The van der Waals surface area contributed by atoms with Gasteiger partial charge in [-0.3, -0.25) is 48.1 Å². The van der Waals surface area contributed by atoms with Gasteiger partial charge in [0.15, 0.2) is 0 Å². The van der Waals surface area contributed by atoms with Crippen LogP contribution in [0.25, 0.3) is 0 Å². The minimum absolute atomic E-state index is 0.119. The summed E-state index contributed by atoms with van der Waals surface area (Å²) >= 11 is 0. The van der Waals surface area contributed by atoms with Gasteiger partial charge < -0.3 is 47.1 Å². The first-order valence-electron chi connectivity index (χ1n) is 19.4. The largest absolute Gasteiger partial charge is 0.481 e. The molecular weight excluding hydrogens is 772 g/mol. The summed E-state index contributed by atoms with van der Waals surface area (Å²) in [5, 5.41) is 38.1. The molecule has 0 saturated carbocycles. The fourth-order valence-electron chi connectivity index (χ4n) is 6.06. The molecule has 0 radical (unpaired) electrons. The van der Waals surface area contributed by atoms with Gasteiger partial charge in [0.2, 0.25) is 29.5 Å². The molecule has 1 rings (SSSR count). The summed E-state index contributed by atoms with van der Waals surface area (Å²) < 4.78 is 0. The Balaban J connectivity index is 3.87. The lowest BCUT2D eigenvalue weighted by Gasteiger charge is -2.40. The fraction of sp³-hybridized carbons (Fsp3) is 0.600. The van der Waals surface area contributed by atoms with E-state index in [0.717, 1.165) is 6.29 Å². The highest BCUT2D eigenvalue weighted by Crippen LogP contribution is 2.28. The number of rotatable bonds is 26. The van der Waals surface area contributed by atoms with Crippen molar-refractivity contribution in [3.8, 4) is 0 Å². The third kappa shape index (κ3) is 18.6. The highest BCUT2D eigenvalue weighted by atomic mass is 16.4. The molecule has 0 aliphatic heterocycles. The van der Waals surface area contributed by atoms with Crippen LogP contribution < -0.4 is 27.0 Å². The Kier molecular flexibility index (Phi) is 21.7. The van der Waals surface area contributed by atoms with Gasteiger partial charge in [-0.05, 0) is 55.1 Å². The van der Waals surface area contributed by atoms with E-state index in [4.69, 9.17) is 10.8 Å². The number of nitrogens with one attached hydrogen (secondary N) is 4.